The Bertz CT molecular complexity index is 520. The van der Waals surface area contributed by atoms with Crippen LogP contribution >= 0.6 is 0 Å². The van der Waals surface area contributed by atoms with Crippen LogP contribution in [0.25, 0.3) is 0 Å². The average molecular weight is 305 g/mol. The molecule has 1 spiro atoms. The molecule has 0 N–H and O–H groups in total. The van der Waals surface area contributed by atoms with Crippen molar-refractivity contribution in [3.63, 3.8) is 0 Å². The second-order valence-corrected chi connectivity index (χ2v) is 7.37. The largest absolute Gasteiger partial charge is 0.378 e. The van der Waals surface area contributed by atoms with Crippen LogP contribution in [0.5, 0.6) is 0 Å². The molecule has 1 heterocycles. The summed E-state index contributed by atoms with van der Waals surface area (Å²) in [5, 5.41) is 4.17. The molecule has 3 aliphatic carbocycles. The van der Waals surface area contributed by atoms with Crippen molar-refractivity contribution < 1.29 is 9.26 Å². The first-order chi connectivity index (χ1) is 10.7. The van der Waals surface area contributed by atoms with Crippen molar-refractivity contribution in [2.45, 2.75) is 76.5 Å². The Morgan fingerprint density at radius 2 is 2.09 bits per heavy atom. The Morgan fingerprint density at radius 1 is 1.32 bits per heavy atom. The third kappa shape index (κ3) is 2.38. The van der Waals surface area contributed by atoms with E-state index >= 15 is 0 Å². The van der Waals surface area contributed by atoms with Crippen LogP contribution < -0.4 is 0 Å². The third-order valence-electron chi connectivity index (χ3n) is 5.98. The van der Waals surface area contributed by atoms with Gasteiger partial charge >= 0.3 is 0 Å². The Morgan fingerprint density at radius 3 is 2.77 bits per heavy atom. The van der Waals surface area contributed by atoms with Gasteiger partial charge in [-0.05, 0) is 46.1 Å². The molecule has 0 amide bonds. The zero-order valence-corrected chi connectivity index (χ0v) is 13.8. The number of rotatable bonds is 6. The minimum atomic E-state index is 0.383. The standard InChI is InChI=1S/C17H27N3O2/c1-3-21-14-10-13(17(14)8-4-5-9-17)20(2)11-15-18-16(22-19-15)12-6-7-12/h12-14H,3-11H2,1-2H3/t13-,14-/m1/s1. The number of nitrogens with zero attached hydrogens (tertiary/aromatic N) is 3. The SMILES string of the molecule is CCO[C@@H]1C[C@@H](N(C)Cc2noc(C3CC3)n2)C12CCCC2. The average Bonchev–Trinajstić information content (AvgIpc) is 3.02. The highest BCUT2D eigenvalue weighted by molar-refractivity contribution is 5.11. The summed E-state index contributed by atoms with van der Waals surface area (Å²) < 4.78 is 11.4. The number of hydrogen-bond donors (Lipinski definition) is 0. The maximum atomic E-state index is 6.01. The molecular weight excluding hydrogens is 278 g/mol. The molecule has 0 aliphatic heterocycles. The molecule has 3 saturated carbocycles. The molecule has 3 fully saturated rings. The first-order valence-corrected chi connectivity index (χ1v) is 8.87. The van der Waals surface area contributed by atoms with Crippen molar-refractivity contribution in [3.8, 4) is 0 Å². The normalized spacial score (nSPS) is 30.1. The molecule has 0 saturated heterocycles. The van der Waals surface area contributed by atoms with Crippen molar-refractivity contribution in [3.05, 3.63) is 11.7 Å². The van der Waals surface area contributed by atoms with E-state index in [9.17, 15) is 0 Å². The molecule has 1 aromatic heterocycles. The van der Waals surface area contributed by atoms with Crippen molar-refractivity contribution in [2.24, 2.45) is 5.41 Å². The van der Waals surface area contributed by atoms with Gasteiger partial charge in [0.2, 0.25) is 5.89 Å². The highest BCUT2D eigenvalue weighted by Crippen LogP contribution is 2.56. The summed E-state index contributed by atoms with van der Waals surface area (Å²) in [4.78, 5) is 7.01. The monoisotopic (exact) mass is 305 g/mol. The summed E-state index contributed by atoms with van der Waals surface area (Å²) in [6.45, 7) is 3.73. The van der Waals surface area contributed by atoms with Gasteiger partial charge in [0.1, 0.15) is 0 Å². The zero-order valence-electron chi connectivity index (χ0n) is 13.8. The van der Waals surface area contributed by atoms with Gasteiger partial charge in [0.15, 0.2) is 5.82 Å². The van der Waals surface area contributed by atoms with Crippen molar-refractivity contribution in [1.82, 2.24) is 15.0 Å². The summed E-state index contributed by atoms with van der Waals surface area (Å²) in [6, 6.07) is 0.606. The number of ether oxygens (including phenoxy) is 1. The van der Waals surface area contributed by atoms with Gasteiger partial charge in [-0.1, -0.05) is 18.0 Å². The minimum Gasteiger partial charge on any atom is -0.378 e. The second kappa shape index (κ2) is 5.60. The summed E-state index contributed by atoms with van der Waals surface area (Å²) in [5.41, 5.74) is 0.383. The molecule has 0 radical (unpaired) electrons. The molecule has 0 aromatic carbocycles. The van der Waals surface area contributed by atoms with E-state index in [0.29, 0.717) is 23.5 Å². The van der Waals surface area contributed by atoms with Crippen molar-refractivity contribution in [2.75, 3.05) is 13.7 Å². The fraction of sp³-hybridized carbons (Fsp3) is 0.882. The Labute approximate surface area is 132 Å². The van der Waals surface area contributed by atoms with Gasteiger partial charge in [-0.2, -0.15) is 4.98 Å². The van der Waals surface area contributed by atoms with Gasteiger partial charge in [-0.25, -0.2) is 0 Å². The van der Waals surface area contributed by atoms with Crippen LogP contribution in [0.2, 0.25) is 0 Å². The first-order valence-electron chi connectivity index (χ1n) is 8.87. The van der Waals surface area contributed by atoms with E-state index in [0.717, 1.165) is 31.3 Å². The topological polar surface area (TPSA) is 51.4 Å². The molecule has 0 unspecified atom stereocenters. The number of hydrogen-bond acceptors (Lipinski definition) is 5. The van der Waals surface area contributed by atoms with Crippen LogP contribution in [0.3, 0.4) is 0 Å². The van der Waals surface area contributed by atoms with Gasteiger partial charge in [0.25, 0.3) is 0 Å². The van der Waals surface area contributed by atoms with Crippen LogP contribution in [-0.2, 0) is 11.3 Å². The Hall–Kier alpha value is -0.940. The van der Waals surface area contributed by atoms with Crippen LogP contribution in [0.15, 0.2) is 4.52 Å². The highest BCUT2D eigenvalue weighted by atomic mass is 16.5. The third-order valence-corrected chi connectivity index (χ3v) is 5.98. The fourth-order valence-electron chi connectivity index (χ4n) is 4.63. The van der Waals surface area contributed by atoms with Gasteiger partial charge in [-0.15, -0.1) is 0 Å². The van der Waals surface area contributed by atoms with Gasteiger partial charge < -0.3 is 9.26 Å². The molecule has 3 aliphatic rings. The lowest BCUT2D eigenvalue weighted by molar-refractivity contribution is -0.162. The quantitative estimate of drug-likeness (QED) is 0.808. The molecule has 5 heteroatoms. The zero-order chi connectivity index (χ0) is 15.2. The van der Waals surface area contributed by atoms with Crippen LogP contribution in [0, 0.1) is 5.41 Å². The van der Waals surface area contributed by atoms with E-state index in [1.165, 1.54) is 38.5 Å². The molecule has 5 nitrogen and oxygen atoms in total. The van der Waals surface area contributed by atoms with Gasteiger partial charge in [0, 0.05) is 24.0 Å². The van der Waals surface area contributed by atoms with Gasteiger partial charge in [-0.3, -0.25) is 4.90 Å². The summed E-state index contributed by atoms with van der Waals surface area (Å²) >= 11 is 0. The van der Waals surface area contributed by atoms with Crippen LogP contribution in [0.1, 0.15) is 69.5 Å². The van der Waals surface area contributed by atoms with Crippen molar-refractivity contribution >= 4 is 0 Å². The molecule has 2 atom stereocenters. The van der Waals surface area contributed by atoms with E-state index in [2.05, 4.69) is 29.0 Å². The van der Waals surface area contributed by atoms with Crippen LogP contribution in [-0.4, -0.2) is 40.8 Å². The summed E-state index contributed by atoms with van der Waals surface area (Å²) in [6.07, 6.45) is 9.35. The predicted octanol–water partition coefficient (Wildman–Crippen LogP) is 3.12. The van der Waals surface area contributed by atoms with E-state index in [-0.39, 0.29) is 0 Å². The lowest BCUT2D eigenvalue weighted by Crippen LogP contribution is -2.62. The molecule has 4 rings (SSSR count). The van der Waals surface area contributed by atoms with Crippen molar-refractivity contribution in [1.29, 1.82) is 0 Å². The van der Waals surface area contributed by atoms with E-state index in [1.54, 1.807) is 0 Å². The van der Waals surface area contributed by atoms with E-state index < -0.39 is 0 Å². The van der Waals surface area contributed by atoms with Gasteiger partial charge in [0.05, 0.1) is 12.6 Å². The lowest BCUT2D eigenvalue weighted by atomic mass is 9.60. The number of aromatic nitrogens is 2. The lowest BCUT2D eigenvalue weighted by Gasteiger charge is -2.57. The van der Waals surface area contributed by atoms with E-state index in [4.69, 9.17) is 9.26 Å². The molecule has 1 aromatic rings. The second-order valence-electron chi connectivity index (χ2n) is 7.37. The maximum Gasteiger partial charge on any atom is 0.229 e. The smallest absolute Gasteiger partial charge is 0.229 e. The maximum absolute atomic E-state index is 6.01. The van der Waals surface area contributed by atoms with Crippen LogP contribution in [0.4, 0.5) is 0 Å². The Kier molecular flexibility index (Phi) is 3.73. The molecule has 0 bridgehead atoms. The molecule has 22 heavy (non-hydrogen) atoms. The minimum absolute atomic E-state index is 0.383. The first kappa shape index (κ1) is 14.6. The summed E-state index contributed by atoms with van der Waals surface area (Å²) in [7, 11) is 2.21. The molecule has 122 valence electrons. The predicted molar refractivity (Wildman–Crippen MR) is 82.5 cm³/mol. The highest BCUT2D eigenvalue weighted by Gasteiger charge is 2.57. The molecular formula is C17H27N3O2. The Balaban J connectivity index is 1.42. The summed E-state index contributed by atoms with van der Waals surface area (Å²) in [5.74, 6) is 2.23. The fourth-order valence-corrected chi connectivity index (χ4v) is 4.63. The van der Waals surface area contributed by atoms with E-state index in [1.807, 2.05) is 0 Å².